The summed E-state index contributed by atoms with van der Waals surface area (Å²) in [5.74, 6) is 0.417. The second-order valence-corrected chi connectivity index (χ2v) is 6.99. The van der Waals surface area contributed by atoms with Crippen LogP contribution in [0.25, 0.3) is 0 Å². The van der Waals surface area contributed by atoms with E-state index >= 15 is 0 Å². The van der Waals surface area contributed by atoms with Crippen molar-refractivity contribution < 1.29 is 0 Å². The molecule has 0 radical (unpaired) electrons. The summed E-state index contributed by atoms with van der Waals surface area (Å²) in [4.78, 5) is 0. The third kappa shape index (κ3) is 2.29. The first-order chi connectivity index (χ1) is 12.3. The van der Waals surface area contributed by atoms with Gasteiger partial charge in [-0.05, 0) is 42.2 Å². The number of benzene rings is 3. The molecule has 1 aliphatic heterocycles. The Hall–Kier alpha value is -2.87. The number of fused-ring (bicyclic) bond motifs is 3. The summed E-state index contributed by atoms with van der Waals surface area (Å²) in [5, 5.41) is 7.32. The van der Waals surface area contributed by atoms with Gasteiger partial charge < -0.3 is 0 Å². The number of hydrogen-bond donors (Lipinski definition) is 0. The summed E-state index contributed by atoms with van der Waals surface area (Å²) in [5.41, 5.74) is 7.78. The zero-order valence-corrected chi connectivity index (χ0v) is 14.3. The van der Waals surface area contributed by atoms with Gasteiger partial charge in [0.05, 0.1) is 17.4 Å². The fourth-order valence-corrected chi connectivity index (χ4v) is 4.17. The van der Waals surface area contributed by atoms with Crippen molar-refractivity contribution in [3.05, 3.63) is 101 Å². The molecule has 0 bridgehead atoms. The normalized spacial score (nSPS) is 21.0. The van der Waals surface area contributed by atoms with Crippen LogP contribution in [0.5, 0.6) is 0 Å². The summed E-state index contributed by atoms with van der Waals surface area (Å²) in [7, 11) is 0. The van der Waals surface area contributed by atoms with Gasteiger partial charge in [0.15, 0.2) is 0 Å². The lowest BCUT2D eigenvalue weighted by Crippen LogP contribution is -2.22. The molecule has 3 aromatic rings. The molecular formula is C23H20N2. The average Bonchev–Trinajstić information content (AvgIpc) is 3.21. The SMILES string of the molecule is Cc1ccc(C2=NN(c3ccccc3)[C@H]3c4ccccc4C[C@@H]23)cc1. The highest BCUT2D eigenvalue weighted by molar-refractivity contribution is 6.05. The summed E-state index contributed by atoms with van der Waals surface area (Å²) < 4.78 is 0. The van der Waals surface area contributed by atoms with E-state index in [1.54, 1.807) is 0 Å². The molecule has 0 fully saturated rings. The van der Waals surface area contributed by atoms with Crippen LogP contribution >= 0.6 is 0 Å². The first-order valence-corrected chi connectivity index (χ1v) is 8.89. The molecule has 0 spiro atoms. The van der Waals surface area contributed by atoms with Gasteiger partial charge in [-0.3, -0.25) is 5.01 Å². The molecule has 25 heavy (non-hydrogen) atoms. The van der Waals surface area contributed by atoms with E-state index in [2.05, 4.69) is 90.8 Å². The predicted octanol–water partition coefficient (Wildman–Crippen LogP) is 5.13. The molecule has 0 unspecified atom stereocenters. The van der Waals surface area contributed by atoms with Crippen LogP contribution in [-0.4, -0.2) is 5.71 Å². The third-order valence-electron chi connectivity index (χ3n) is 5.39. The fourth-order valence-electron chi connectivity index (χ4n) is 4.17. The molecule has 2 heteroatoms. The lowest BCUT2D eigenvalue weighted by molar-refractivity contribution is 0.597. The van der Waals surface area contributed by atoms with E-state index in [0.29, 0.717) is 12.0 Å². The topological polar surface area (TPSA) is 15.6 Å². The van der Waals surface area contributed by atoms with E-state index < -0.39 is 0 Å². The molecule has 1 aliphatic carbocycles. The standard InChI is InChI=1S/C23H20N2/c1-16-11-13-17(14-12-16)22-21-15-18-7-5-6-10-20(18)23(21)25(24-22)19-8-3-2-4-9-19/h2-14,21,23H,15H2,1H3/t21-,23-/m0/s1. The summed E-state index contributed by atoms with van der Waals surface area (Å²) in [6.45, 7) is 2.13. The highest BCUT2D eigenvalue weighted by Gasteiger charge is 2.44. The summed E-state index contributed by atoms with van der Waals surface area (Å²) in [6, 6.07) is 28.5. The van der Waals surface area contributed by atoms with Gasteiger partial charge in [0.1, 0.15) is 0 Å². The Kier molecular flexibility index (Phi) is 3.24. The second-order valence-electron chi connectivity index (χ2n) is 6.99. The average molecular weight is 324 g/mol. The Labute approximate surface area is 148 Å². The van der Waals surface area contributed by atoms with E-state index in [1.807, 2.05) is 0 Å². The molecule has 2 atom stereocenters. The molecule has 0 amide bonds. The van der Waals surface area contributed by atoms with Crippen molar-refractivity contribution in [2.24, 2.45) is 11.0 Å². The van der Waals surface area contributed by atoms with E-state index in [9.17, 15) is 0 Å². The predicted molar refractivity (Wildman–Crippen MR) is 103 cm³/mol. The largest absolute Gasteiger partial charge is 0.257 e. The monoisotopic (exact) mass is 324 g/mol. The van der Waals surface area contributed by atoms with Crippen molar-refractivity contribution in [1.82, 2.24) is 0 Å². The number of hydrazone groups is 1. The van der Waals surface area contributed by atoms with Crippen LogP contribution < -0.4 is 5.01 Å². The minimum absolute atomic E-state index is 0.301. The number of rotatable bonds is 2. The van der Waals surface area contributed by atoms with Gasteiger partial charge in [-0.1, -0.05) is 72.3 Å². The molecule has 5 rings (SSSR count). The lowest BCUT2D eigenvalue weighted by atomic mass is 9.91. The Balaban J connectivity index is 1.65. The second kappa shape index (κ2) is 5.59. The van der Waals surface area contributed by atoms with Crippen LogP contribution in [-0.2, 0) is 6.42 Å². The number of para-hydroxylation sites is 1. The van der Waals surface area contributed by atoms with E-state index in [1.165, 1.54) is 28.0 Å². The molecule has 2 nitrogen and oxygen atoms in total. The molecule has 0 saturated heterocycles. The highest BCUT2D eigenvalue weighted by atomic mass is 15.5. The zero-order valence-electron chi connectivity index (χ0n) is 14.3. The number of anilines is 1. The van der Waals surface area contributed by atoms with Gasteiger partial charge in [-0.25, -0.2) is 0 Å². The van der Waals surface area contributed by atoms with Crippen molar-refractivity contribution in [3.63, 3.8) is 0 Å². The van der Waals surface area contributed by atoms with Crippen molar-refractivity contribution in [2.45, 2.75) is 19.4 Å². The van der Waals surface area contributed by atoms with E-state index in [0.717, 1.165) is 12.1 Å². The van der Waals surface area contributed by atoms with Crippen molar-refractivity contribution >= 4 is 11.4 Å². The maximum atomic E-state index is 5.09. The molecule has 1 heterocycles. The number of aryl methyl sites for hydroxylation is 1. The van der Waals surface area contributed by atoms with Crippen LogP contribution in [0.3, 0.4) is 0 Å². The van der Waals surface area contributed by atoms with Crippen molar-refractivity contribution in [2.75, 3.05) is 5.01 Å². The van der Waals surface area contributed by atoms with Gasteiger partial charge in [0.25, 0.3) is 0 Å². The number of hydrogen-bond acceptors (Lipinski definition) is 2. The Morgan fingerprint density at radius 1 is 0.840 bits per heavy atom. The molecule has 3 aromatic carbocycles. The quantitative estimate of drug-likeness (QED) is 0.638. The van der Waals surface area contributed by atoms with Crippen LogP contribution in [0.2, 0.25) is 0 Å². The lowest BCUT2D eigenvalue weighted by Gasteiger charge is -2.24. The van der Waals surface area contributed by atoms with E-state index in [4.69, 9.17) is 5.10 Å². The van der Waals surface area contributed by atoms with Gasteiger partial charge in [-0.2, -0.15) is 5.10 Å². The highest BCUT2D eigenvalue weighted by Crippen LogP contribution is 2.47. The third-order valence-corrected chi connectivity index (χ3v) is 5.39. The number of nitrogens with zero attached hydrogens (tertiary/aromatic N) is 2. The summed E-state index contributed by atoms with van der Waals surface area (Å²) in [6.07, 6.45) is 1.07. The molecule has 0 aromatic heterocycles. The molecule has 0 saturated carbocycles. The van der Waals surface area contributed by atoms with Gasteiger partial charge in [0, 0.05) is 5.92 Å². The van der Waals surface area contributed by atoms with E-state index in [-0.39, 0.29) is 0 Å². The minimum Gasteiger partial charge on any atom is -0.257 e. The Morgan fingerprint density at radius 2 is 1.56 bits per heavy atom. The fraction of sp³-hybridized carbons (Fsp3) is 0.174. The maximum Gasteiger partial charge on any atom is 0.0865 e. The first kappa shape index (κ1) is 14.5. The van der Waals surface area contributed by atoms with Crippen LogP contribution in [0.1, 0.15) is 28.3 Å². The molecule has 2 aliphatic rings. The van der Waals surface area contributed by atoms with Crippen LogP contribution in [0.15, 0.2) is 84.0 Å². The van der Waals surface area contributed by atoms with Gasteiger partial charge in [-0.15, -0.1) is 0 Å². The van der Waals surface area contributed by atoms with Gasteiger partial charge >= 0.3 is 0 Å². The van der Waals surface area contributed by atoms with Crippen molar-refractivity contribution in [3.8, 4) is 0 Å². The first-order valence-electron chi connectivity index (χ1n) is 8.89. The molecular weight excluding hydrogens is 304 g/mol. The zero-order chi connectivity index (χ0) is 16.8. The smallest absolute Gasteiger partial charge is 0.0865 e. The van der Waals surface area contributed by atoms with Gasteiger partial charge in [0.2, 0.25) is 0 Å². The Morgan fingerprint density at radius 3 is 2.36 bits per heavy atom. The van der Waals surface area contributed by atoms with Crippen molar-refractivity contribution in [1.29, 1.82) is 0 Å². The molecule has 0 N–H and O–H groups in total. The Bertz CT molecular complexity index is 941. The van der Waals surface area contributed by atoms with Crippen LogP contribution in [0, 0.1) is 12.8 Å². The van der Waals surface area contributed by atoms with Crippen LogP contribution in [0.4, 0.5) is 5.69 Å². The minimum atomic E-state index is 0.301. The summed E-state index contributed by atoms with van der Waals surface area (Å²) >= 11 is 0. The maximum absolute atomic E-state index is 5.09. The molecule has 122 valence electrons.